The summed E-state index contributed by atoms with van der Waals surface area (Å²) < 4.78 is 0. The minimum Gasteiger partial charge on any atom is -0.0991 e. The zero-order valence-corrected chi connectivity index (χ0v) is 19.3. The van der Waals surface area contributed by atoms with Crippen LogP contribution in [-0.4, -0.2) is 0 Å². The van der Waals surface area contributed by atoms with Gasteiger partial charge in [-0.2, -0.15) is 0 Å². The van der Waals surface area contributed by atoms with Crippen molar-refractivity contribution in [3.8, 4) is 22.3 Å². The molecule has 0 saturated heterocycles. The van der Waals surface area contributed by atoms with Crippen molar-refractivity contribution in [2.45, 2.75) is 12.3 Å². The average Bonchev–Trinajstić information content (AvgIpc) is 2.98. The molecule has 0 saturated carbocycles. The molecule has 0 bridgehead atoms. The van der Waals surface area contributed by atoms with E-state index in [-0.39, 0.29) is 5.41 Å². The van der Waals surface area contributed by atoms with Gasteiger partial charge in [-0.25, -0.2) is 0 Å². The summed E-state index contributed by atoms with van der Waals surface area (Å²) in [6.07, 6.45) is 10.4. The van der Waals surface area contributed by atoms with Crippen LogP contribution in [-0.2, 0) is 5.41 Å². The molecule has 1 unspecified atom stereocenters. The molecule has 1 aliphatic rings. The van der Waals surface area contributed by atoms with Gasteiger partial charge in [0.05, 0.1) is 0 Å². The third-order valence-electron chi connectivity index (χ3n) is 7.23. The van der Waals surface area contributed by atoms with Crippen LogP contribution >= 0.6 is 0 Å². The number of hydrogen-bond acceptors (Lipinski definition) is 0. The summed E-state index contributed by atoms with van der Waals surface area (Å²) in [5.74, 6) is 0. The van der Waals surface area contributed by atoms with Crippen LogP contribution in [0.4, 0.5) is 0 Å². The van der Waals surface area contributed by atoms with E-state index in [9.17, 15) is 0 Å². The van der Waals surface area contributed by atoms with Crippen LogP contribution in [0.25, 0.3) is 43.8 Å². The maximum absolute atomic E-state index is 3.82. The van der Waals surface area contributed by atoms with Crippen LogP contribution in [0.3, 0.4) is 0 Å². The predicted octanol–water partition coefficient (Wildman–Crippen LogP) is 9.24. The van der Waals surface area contributed by atoms with Gasteiger partial charge < -0.3 is 0 Å². The van der Waals surface area contributed by atoms with E-state index in [1.165, 1.54) is 54.9 Å². The molecule has 6 rings (SSSR count). The third-order valence-corrected chi connectivity index (χ3v) is 7.23. The predicted molar refractivity (Wildman–Crippen MR) is 147 cm³/mol. The lowest BCUT2D eigenvalue weighted by atomic mass is 9.72. The molecular weight excluding hydrogens is 408 g/mol. The van der Waals surface area contributed by atoms with Crippen LogP contribution < -0.4 is 0 Å². The van der Waals surface area contributed by atoms with Gasteiger partial charge in [0.25, 0.3) is 0 Å². The fraction of sp³-hybridized carbons (Fsp3) is 0.0588. The second kappa shape index (κ2) is 8.01. The highest BCUT2D eigenvalue weighted by molar-refractivity contribution is 6.13. The Labute approximate surface area is 201 Å². The van der Waals surface area contributed by atoms with Crippen LogP contribution in [0.15, 0.2) is 134 Å². The average molecular weight is 435 g/mol. The molecule has 0 aliphatic heterocycles. The number of allylic oxidation sites excluding steroid dienone is 5. The van der Waals surface area contributed by atoms with Gasteiger partial charge in [0, 0.05) is 5.41 Å². The van der Waals surface area contributed by atoms with Crippen molar-refractivity contribution in [2.24, 2.45) is 0 Å². The van der Waals surface area contributed by atoms with Crippen LogP contribution in [0.5, 0.6) is 0 Å². The molecule has 0 fully saturated rings. The Morgan fingerprint density at radius 1 is 0.559 bits per heavy atom. The lowest BCUT2D eigenvalue weighted by Crippen LogP contribution is -2.21. The van der Waals surface area contributed by atoms with Crippen molar-refractivity contribution in [3.63, 3.8) is 0 Å². The molecule has 1 atom stereocenters. The van der Waals surface area contributed by atoms with Crippen LogP contribution in [0.1, 0.15) is 18.1 Å². The fourth-order valence-electron chi connectivity index (χ4n) is 5.63. The quantitative estimate of drug-likeness (QED) is 0.248. The molecule has 5 aromatic carbocycles. The normalized spacial score (nSPS) is 17.0. The van der Waals surface area contributed by atoms with E-state index in [0.717, 1.165) is 0 Å². The first-order valence-corrected chi connectivity index (χ1v) is 11.8. The second-order valence-corrected chi connectivity index (χ2v) is 9.15. The molecule has 1 aliphatic carbocycles. The lowest BCUT2D eigenvalue weighted by Gasteiger charge is -2.30. The van der Waals surface area contributed by atoms with E-state index in [1.54, 1.807) is 0 Å². The van der Waals surface area contributed by atoms with E-state index < -0.39 is 0 Å². The summed E-state index contributed by atoms with van der Waals surface area (Å²) in [5, 5.41) is 5.13. The minimum absolute atomic E-state index is 0.304. The Balaban J connectivity index is 1.85. The lowest BCUT2D eigenvalue weighted by molar-refractivity contribution is 0.731. The largest absolute Gasteiger partial charge is 0.0991 e. The second-order valence-electron chi connectivity index (χ2n) is 9.15. The Hall–Kier alpha value is -4.16. The molecule has 0 spiro atoms. The number of rotatable bonds is 3. The van der Waals surface area contributed by atoms with Gasteiger partial charge in [0.15, 0.2) is 0 Å². The van der Waals surface area contributed by atoms with E-state index in [4.69, 9.17) is 0 Å². The molecule has 34 heavy (non-hydrogen) atoms. The summed E-state index contributed by atoms with van der Waals surface area (Å²) in [5.41, 5.74) is 7.61. The van der Waals surface area contributed by atoms with Crippen LogP contribution in [0.2, 0.25) is 0 Å². The van der Waals surface area contributed by atoms with E-state index in [0.29, 0.717) is 0 Å². The van der Waals surface area contributed by atoms with Crippen molar-refractivity contribution in [2.75, 3.05) is 0 Å². The Bertz CT molecular complexity index is 1630. The Morgan fingerprint density at radius 3 is 1.97 bits per heavy atom. The van der Waals surface area contributed by atoms with Gasteiger partial charge in [0.2, 0.25) is 0 Å². The first-order valence-electron chi connectivity index (χ1n) is 11.8. The molecule has 0 amide bonds. The van der Waals surface area contributed by atoms with E-state index >= 15 is 0 Å². The van der Waals surface area contributed by atoms with Gasteiger partial charge in [0.1, 0.15) is 0 Å². The van der Waals surface area contributed by atoms with Gasteiger partial charge in [-0.05, 0) is 61.8 Å². The highest BCUT2D eigenvalue weighted by Crippen LogP contribution is 2.53. The monoisotopic (exact) mass is 434 g/mol. The zero-order valence-electron chi connectivity index (χ0n) is 19.3. The summed E-state index contributed by atoms with van der Waals surface area (Å²) in [6.45, 7) is 6.17. The van der Waals surface area contributed by atoms with E-state index in [1.807, 2.05) is 12.2 Å². The molecule has 0 aromatic heterocycles. The Morgan fingerprint density at radius 2 is 1.21 bits per heavy atom. The molecular formula is C34H26. The van der Waals surface area contributed by atoms with Crippen molar-refractivity contribution in [3.05, 3.63) is 145 Å². The molecule has 0 heterocycles. The summed E-state index contributed by atoms with van der Waals surface area (Å²) in [7, 11) is 0. The maximum atomic E-state index is 3.82. The number of benzene rings is 5. The van der Waals surface area contributed by atoms with Crippen molar-refractivity contribution in [1.29, 1.82) is 0 Å². The fourth-order valence-corrected chi connectivity index (χ4v) is 5.63. The van der Waals surface area contributed by atoms with Gasteiger partial charge in [-0.3, -0.25) is 0 Å². The molecule has 0 heteroatoms. The smallest absolute Gasteiger partial charge is 0.0369 e. The molecule has 0 N–H and O–H groups in total. The number of fused-ring (bicyclic) bond motifs is 9. The topological polar surface area (TPSA) is 0 Å². The number of hydrogen-bond donors (Lipinski definition) is 0. The molecule has 0 radical (unpaired) electrons. The molecule has 5 aromatic rings. The minimum atomic E-state index is -0.304. The maximum Gasteiger partial charge on any atom is 0.0369 e. The van der Waals surface area contributed by atoms with Gasteiger partial charge in [-0.15, -0.1) is 0 Å². The molecule has 0 nitrogen and oxygen atoms in total. The first kappa shape index (κ1) is 20.4. The zero-order chi connectivity index (χ0) is 23.1. The highest BCUT2D eigenvalue weighted by Gasteiger charge is 2.36. The summed E-state index contributed by atoms with van der Waals surface area (Å²) in [4.78, 5) is 0. The van der Waals surface area contributed by atoms with E-state index in [2.05, 4.69) is 129 Å². The Kier molecular flexibility index (Phi) is 4.81. The third kappa shape index (κ3) is 2.99. The van der Waals surface area contributed by atoms with Crippen molar-refractivity contribution in [1.82, 2.24) is 0 Å². The summed E-state index contributed by atoms with van der Waals surface area (Å²) in [6, 6.07) is 35.6. The molecule has 162 valence electrons. The summed E-state index contributed by atoms with van der Waals surface area (Å²) >= 11 is 0. The van der Waals surface area contributed by atoms with Crippen molar-refractivity contribution < 1.29 is 0 Å². The first-order chi connectivity index (χ1) is 16.7. The van der Waals surface area contributed by atoms with Gasteiger partial charge >= 0.3 is 0 Å². The van der Waals surface area contributed by atoms with Crippen molar-refractivity contribution >= 4 is 21.5 Å². The van der Waals surface area contributed by atoms with Gasteiger partial charge in [-0.1, -0.05) is 134 Å². The SMILES string of the molecule is C=C/C=C\C=C\C1(C)c2ccccc2-c2ccc3ccccc3c2-c2c1ccc1ccccc21. The van der Waals surface area contributed by atoms with Crippen LogP contribution in [0, 0.1) is 0 Å². The standard InChI is InChI=1S/C34H26/c1-3-4-5-12-23-34(2)30-18-11-10-17-28(30)29-21-19-24-13-6-8-15-26(24)32(29)33-27-16-9-7-14-25(27)20-22-31(33)34/h3-23H,1H2,2H3/b5-4-,23-12+. The highest BCUT2D eigenvalue weighted by atomic mass is 14.4.